The van der Waals surface area contributed by atoms with Crippen LogP contribution < -0.4 is 0 Å². The minimum atomic E-state index is -2.88. The molecule has 0 aliphatic carbocycles. The molecule has 0 spiro atoms. The van der Waals surface area contributed by atoms with Crippen LogP contribution in [0.5, 0.6) is 0 Å². The molecule has 1 aliphatic heterocycles. The van der Waals surface area contributed by atoms with E-state index in [0.717, 1.165) is 25.9 Å². The van der Waals surface area contributed by atoms with Gasteiger partial charge in [-0.2, -0.15) is 0 Å². The molecule has 0 aromatic heterocycles. The molecule has 0 amide bonds. The predicted octanol–water partition coefficient (Wildman–Crippen LogP) is 1.09. The molecule has 1 aliphatic rings. The summed E-state index contributed by atoms with van der Waals surface area (Å²) in [6.45, 7) is 6.30. The van der Waals surface area contributed by atoms with E-state index in [-0.39, 0.29) is 23.4 Å². The van der Waals surface area contributed by atoms with E-state index in [1.807, 2.05) is 6.92 Å². The normalized spacial score (nSPS) is 21.3. The van der Waals surface area contributed by atoms with Crippen LogP contribution in [0.1, 0.15) is 33.1 Å². The van der Waals surface area contributed by atoms with Crippen molar-refractivity contribution in [3.63, 3.8) is 0 Å². The Labute approximate surface area is 116 Å². The molecule has 1 rings (SSSR count). The molecule has 6 heteroatoms. The molecule has 0 N–H and O–H groups in total. The summed E-state index contributed by atoms with van der Waals surface area (Å²) in [5.41, 5.74) is 0. The number of piperidine rings is 1. The summed E-state index contributed by atoms with van der Waals surface area (Å²) in [7, 11) is -2.88. The predicted molar refractivity (Wildman–Crippen MR) is 74.7 cm³/mol. The molecule has 0 bridgehead atoms. The highest BCUT2D eigenvalue weighted by Gasteiger charge is 2.26. The highest BCUT2D eigenvalue weighted by atomic mass is 32.2. The molecular formula is C13H25NO4S. The summed E-state index contributed by atoms with van der Waals surface area (Å²) in [6, 6.07) is 0. The monoisotopic (exact) mass is 291 g/mol. The Kier molecular flexibility index (Phi) is 6.79. The molecule has 0 radical (unpaired) electrons. The van der Waals surface area contributed by atoms with Crippen molar-refractivity contribution in [1.29, 1.82) is 0 Å². The van der Waals surface area contributed by atoms with Crippen molar-refractivity contribution in [1.82, 2.24) is 4.90 Å². The second-order valence-corrected chi connectivity index (χ2v) is 7.45. The quantitative estimate of drug-likeness (QED) is 0.657. The van der Waals surface area contributed by atoms with Gasteiger partial charge in [0.05, 0.1) is 18.3 Å². The smallest absolute Gasteiger partial charge is 0.310 e. The molecule has 1 atom stereocenters. The maximum absolute atomic E-state index is 11.7. The van der Waals surface area contributed by atoms with Gasteiger partial charge in [0.15, 0.2) is 0 Å². The zero-order chi connectivity index (χ0) is 14.3. The van der Waals surface area contributed by atoms with Crippen LogP contribution in [0.25, 0.3) is 0 Å². The van der Waals surface area contributed by atoms with Crippen LogP contribution in [0.4, 0.5) is 0 Å². The SMILES string of the molecule is CCOC(=O)[C@@H]1CCCN(CCCS(=O)(=O)CC)C1. The third-order valence-electron chi connectivity index (χ3n) is 3.49. The van der Waals surface area contributed by atoms with Crippen molar-refractivity contribution in [3.8, 4) is 0 Å². The van der Waals surface area contributed by atoms with Gasteiger partial charge in [0.25, 0.3) is 0 Å². The highest BCUT2D eigenvalue weighted by molar-refractivity contribution is 7.91. The Morgan fingerprint density at radius 3 is 2.74 bits per heavy atom. The summed E-state index contributed by atoms with van der Waals surface area (Å²) in [4.78, 5) is 13.9. The number of sulfone groups is 1. The van der Waals surface area contributed by atoms with E-state index < -0.39 is 9.84 Å². The zero-order valence-corrected chi connectivity index (χ0v) is 12.7. The summed E-state index contributed by atoms with van der Waals surface area (Å²) in [6.07, 6.45) is 2.50. The van der Waals surface area contributed by atoms with E-state index >= 15 is 0 Å². The maximum Gasteiger partial charge on any atom is 0.310 e. The molecule has 1 heterocycles. The molecule has 1 saturated heterocycles. The first-order valence-electron chi connectivity index (χ1n) is 7.08. The lowest BCUT2D eigenvalue weighted by molar-refractivity contribution is -0.149. The molecular weight excluding hydrogens is 266 g/mol. The van der Waals surface area contributed by atoms with E-state index in [1.165, 1.54) is 0 Å². The van der Waals surface area contributed by atoms with Gasteiger partial charge in [0.1, 0.15) is 9.84 Å². The van der Waals surface area contributed by atoms with E-state index in [2.05, 4.69) is 4.90 Å². The van der Waals surface area contributed by atoms with E-state index in [4.69, 9.17) is 4.74 Å². The molecule has 1 fully saturated rings. The van der Waals surface area contributed by atoms with Crippen molar-refractivity contribution in [2.24, 2.45) is 5.92 Å². The highest BCUT2D eigenvalue weighted by Crippen LogP contribution is 2.18. The largest absolute Gasteiger partial charge is 0.466 e. The minimum Gasteiger partial charge on any atom is -0.466 e. The van der Waals surface area contributed by atoms with Gasteiger partial charge in [-0.25, -0.2) is 8.42 Å². The first-order valence-corrected chi connectivity index (χ1v) is 8.90. The molecule has 112 valence electrons. The van der Waals surface area contributed by atoms with E-state index in [1.54, 1.807) is 6.92 Å². The summed E-state index contributed by atoms with van der Waals surface area (Å²) in [5.74, 6) is 0.285. The van der Waals surface area contributed by atoms with Crippen LogP contribution in [-0.4, -0.2) is 57.0 Å². The van der Waals surface area contributed by atoms with Crippen LogP contribution in [0.2, 0.25) is 0 Å². The number of nitrogens with zero attached hydrogens (tertiary/aromatic N) is 1. The fourth-order valence-electron chi connectivity index (χ4n) is 2.36. The lowest BCUT2D eigenvalue weighted by Gasteiger charge is -2.31. The first kappa shape index (κ1) is 16.4. The van der Waals surface area contributed by atoms with Crippen molar-refractivity contribution >= 4 is 15.8 Å². The Hall–Kier alpha value is -0.620. The third-order valence-corrected chi connectivity index (χ3v) is 5.29. The number of carbonyl (C=O) groups is 1. The first-order chi connectivity index (χ1) is 8.98. The second kappa shape index (κ2) is 7.85. The Balaban J connectivity index is 2.33. The molecule has 19 heavy (non-hydrogen) atoms. The van der Waals surface area contributed by atoms with Gasteiger partial charge in [-0.05, 0) is 39.3 Å². The number of esters is 1. The summed E-state index contributed by atoms with van der Waals surface area (Å²) >= 11 is 0. The zero-order valence-electron chi connectivity index (χ0n) is 11.9. The summed E-state index contributed by atoms with van der Waals surface area (Å²) in [5, 5.41) is 0. The molecule has 0 aromatic rings. The Morgan fingerprint density at radius 2 is 2.11 bits per heavy atom. The Morgan fingerprint density at radius 1 is 1.37 bits per heavy atom. The van der Waals surface area contributed by atoms with Gasteiger partial charge in [0, 0.05) is 12.3 Å². The van der Waals surface area contributed by atoms with Crippen molar-refractivity contribution < 1.29 is 17.9 Å². The van der Waals surface area contributed by atoms with Gasteiger partial charge in [-0.1, -0.05) is 6.92 Å². The Bertz CT molecular complexity index is 380. The van der Waals surface area contributed by atoms with Crippen LogP contribution in [0, 0.1) is 5.92 Å². The maximum atomic E-state index is 11.7. The van der Waals surface area contributed by atoms with Crippen LogP contribution in [0.15, 0.2) is 0 Å². The topological polar surface area (TPSA) is 63.7 Å². The van der Waals surface area contributed by atoms with Gasteiger partial charge in [-0.15, -0.1) is 0 Å². The number of likely N-dealkylation sites (tertiary alicyclic amines) is 1. The molecule has 0 unspecified atom stereocenters. The van der Waals surface area contributed by atoms with E-state index in [0.29, 0.717) is 19.6 Å². The van der Waals surface area contributed by atoms with Crippen LogP contribution in [0.3, 0.4) is 0 Å². The number of hydrogen-bond acceptors (Lipinski definition) is 5. The number of ether oxygens (including phenoxy) is 1. The molecule has 0 aromatic carbocycles. The van der Waals surface area contributed by atoms with Crippen molar-refractivity contribution in [3.05, 3.63) is 0 Å². The lowest BCUT2D eigenvalue weighted by atomic mass is 9.98. The third kappa shape index (κ3) is 5.91. The van der Waals surface area contributed by atoms with Gasteiger partial charge in [-0.3, -0.25) is 4.79 Å². The summed E-state index contributed by atoms with van der Waals surface area (Å²) < 4.78 is 27.9. The number of carbonyl (C=O) groups excluding carboxylic acids is 1. The van der Waals surface area contributed by atoms with Crippen LogP contribution in [-0.2, 0) is 19.4 Å². The minimum absolute atomic E-state index is 0.0449. The van der Waals surface area contributed by atoms with Crippen LogP contribution >= 0.6 is 0 Å². The fraction of sp³-hybridized carbons (Fsp3) is 0.923. The van der Waals surface area contributed by atoms with Gasteiger partial charge < -0.3 is 9.64 Å². The lowest BCUT2D eigenvalue weighted by Crippen LogP contribution is -2.40. The number of rotatable bonds is 7. The second-order valence-electron chi connectivity index (χ2n) is 4.98. The van der Waals surface area contributed by atoms with Crippen molar-refractivity contribution in [2.45, 2.75) is 33.1 Å². The van der Waals surface area contributed by atoms with Gasteiger partial charge in [0.2, 0.25) is 0 Å². The fourth-order valence-corrected chi connectivity index (χ4v) is 3.22. The van der Waals surface area contributed by atoms with Crippen molar-refractivity contribution in [2.75, 3.05) is 37.7 Å². The van der Waals surface area contributed by atoms with E-state index in [9.17, 15) is 13.2 Å². The molecule has 0 saturated carbocycles. The average molecular weight is 291 g/mol. The standard InChI is InChI=1S/C13H25NO4S/c1-3-18-13(15)12-7-5-8-14(11-12)9-6-10-19(16,17)4-2/h12H,3-11H2,1-2H3/t12-/m1/s1. The molecule has 5 nitrogen and oxygen atoms in total. The number of hydrogen-bond donors (Lipinski definition) is 0. The van der Waals surface area contributed by atoms with Gasteiger partial charge >= 0.3 is 5.97 Å². The average Bonchev–Trinajstić information content (AvgIpc) is 2.39.